The Balaban J connectivity index is 1.54. The zero-order chi connectivity index (χ0) is 17.9. The van der Waals surface area contributed by atoms with Crippen molar-refractivity contribution < 1.29 is 14.6 Å². The summed E-state index contributed by atoms with van der Waals surface area (Å²) >= 11 is 0. The lowest BCUT2D eigenvalue weighted by Gasteiger charge is -2.32. The molecule has 2 aromatic rings. The molecule has 1 fully saturated rings. The second-order valence-corrected chi connectivity index (χ2v) is 6.78. The summed E-state index contributed by atoms with van der Waals surface area (Å²) in [7, 11) is 0. The van der Waals surface area contributed by atoms with Crippen LogP contribution >= 0.6 is 0 Å². The van der Waals surface area contributed by atoms with Gasteiger partial charge in [-0.2, -0.15) is 0 Å². The van der Waals surface area contributed by atoms with Crippen molar-refractivity contribution in [1.29, 1.82) is 0 Å². The van der Waals surface area contributed by atoms with E-state index in [1.807, 2.05) is 36.4 Å². The number of amides is 1. The van der Waals surface area contributed by atoms with Gasteiger partial charge in [0.1, 0.15) is 0 Å². The van der Waals surface area contributed by atoms with Crippen LogP contribution in [0.5, 0.6) is 0 Å². The molecule has 1 saturated heterocycles. The fourth-order valence-electron chi connectivity index (χ4n) is 3.63. The van der Waals surface area contributed by atoms with Crippen molar-refractivity contribution in [1.82, 2.24) is 4.98 Å². The summed E-state index contributed by atoms with van der Waals surface area (Å²) in [6.45, 7) is 1.99. The van der Waals surface area contributed by atoms with Crippen molar-refractivity contribution in [2.24, 2.45) is 0 Å². The Bertz CT molecular complexity index is 787. The molecule has 2 aliphatic heterocycles. The molecule has 2 aliphatic rings. The number of piperidine rings is 1. The third kappa shape index (κ3) is 3.43. The van der Waals surface area contributed by atoms with E-state index in [1.165, 1.54) is 0 Å². The highest BCUT2D eigenvalue weighted by Crippen LogP contribution is 2.30. The second-order valence-electron chi connectivity index (χ2n) is 6.78. The maximum Gasteiger partial charge on any atom is 0.258 e. The summed E-state index contributed by atoms with van der Waals surface area (Å²) in [6.07, 6.45) is 3.12. The van der Waals surface area contributed by atoms with Crippen molar-refractivity contribution in [2.45, 2.75) is 31.5 Å². The fraction of sp³-hybridized carbons (Fsp3) is 0.400. The Morgan fingerprint density at radius 3 is 2.85 bits per heavy atom. The highest BCUT2D eigenvalue weighted by atomic mass is 16.5. The fourth-order valence-corrected chi connectivity index (χ4v) is 3.63. The Labute approximate surface area is 152 Å². The molecule has 0 saturated carbocycles. The van der Waals surface area contributed by atoms with E-state index in [0.29, 0.717) is 25.1 Å². The number of rotatable bonds is 3. The van der Waals surface area contributed by atoms with Gasteiger partial charge in [-0.05, 0) is 42.5 Å². The number of aliphatic hydroxyl groups excluding tert-OH is 1. The number of aliphatic hydroxyl groups is 1. The van der Waals surface area contributed by atoms with Gasteiger partial charge in [0.2, 0.25) is 0 Å². The van der Waals surface area contributed by atoms with Gasteiger partial charge in [-0.15, -0.1) is 0 Å². The van der Waals surface area contributed by atoms with Crippen molar-refractivity contribution in [2.75, 3.05) is 29.9 Å². The van der Waals surface area contributed by atoms with Crippen LogP contribution in [0.3, 0.4) is 0 Å². The lowest BCUT2D eigenvalue weighted by Crippen LogP contribution is -2.37. The number of carbonyl (C=O) groups excluding carboxylic acids is 1. The number of anilines is 2. The van der Waals surface area contributed by atoms with Gasteiger partial charge < -0.3 is 20.1 Å². The van der Waals surface area contributed by atoms with Crippen molar-refractivity contribution in [3.8, 4) is 0 Å². The van der Waals surface area contributed by atoms with Crippen LogP contribution < -0.4 is 10.2 Å². The monoisotopic (exact) mass is 353 g/mol. The van der Waals surface area contributed by atoms with E-state index in [0.717, 1.165) is 36.5 Å². The maximum absolute atomic E-state index is 12.9. The predicted octanol–water partition coefficient (Wildman–Crippen LogP) is 2.30. The zero-order valence-electron chi connectivity index (χ0n) is 14.6. The summed E-state index contributed by atoms with van der Waals surface area (Å²) in [5.41, 5.74) is 2.78. The van der Waals surface area contributed by atoms with E-state index in [9.17, 15) is 9.90 Å². The molecule has 1 unspecified atom stereocenters. The van der Waals surface area contributed by atoms with Gasteiger partial charge in [-0.25, -0.2) is 4.98 Å². The number of pyridine rings is 1. The number of benzene rings is 1. The normalized spacial score (nSPS) is 20.5. The Hall–Kier alpha value is -2.44. The third-order valence-electron chi connectivity index (χ3n) is 5.04. The number of aromatic nitrogens is 1. The summed E-state index contributed by atoms with van der Waals surface area (Å²) in [5, 5.41) is 12.7. The lowest BCUT2D eigenvalue weighted by molar-refractivity contribution is -0.128. The van der Waals surface area contributed by atoms with Gasteiger partial charge in [0.25, 0.3) is 5.91 Å². The van der Waals surface area contributed by atoms with Crippen LogP contribution in [0.25, 0.3) is 0 Å². The van der Waals surface area contributed by atoms with Crippen LogP contribution in [-0.4, -0.2) is 41.8 Å². The Morgan fingerprint density at radius 2 is 2.00 bits per heavy atom. The van der Waals surface area contributed by atoms with Crippen LogP contribution in [-0.2, 0) is 16.0 Å². The SMILES string of the molecule is O=C(Nc1cccnc1N1CCC(O)CC1)C1OCCc2ccccc21. The minimum atomic E-state index is -0.601. The van der Waals surface area contributed by atoms with E-state index in [4.69, 9.17) is 4.74 Å². The Kier molecular flexibility index (Phi) is 4.86. The third-order valence-corrected chi connectivity index (χ3v) is 5.04. The molecule has 0 radical (unpaired) electrons. The molecule has 136 valence electrons. The van der Waals surface area contributed by atoms with Crippen LogP contribution in [0, 0.1) is 0 Å². The molecule has 2 N–H and O–H groups in total. The van der Waals surface area contributed by atoms with Gasteiger partial charge in [-0.1, -0.05) is 24.3 Å². The Morgan fingerprint density at radius 1 is 1.19 bits per heavy atom. The van der Waals surface area contributed by atoms with Crippen LogP contribution in [0.4, 0.5) is 11.5 Å². The highest BCUT2D eigenvalue weighted by molar-refractivity contribution is 5.97. The minimum absolute atomic E-state index is 0.177. The molecule has 3 heterocycles. The van der Waals surface area contributed by atoms with Gasteiger partial charge in [-0.3, -0.25) is 4.79 Å². The molecule has 0 spiro atoms. The van der Waals surface area contributed by atoms with Crippen LogP contribution in [0.2, 0.25) is 0 Å². The number of hydrogen-bond acceptors (Lipinski definition) is 5. The van der Waals surface area contributed by atoms with Crippen LogP contribution in [0.1, 0.15) is 30.1 Å². The molecule has 1 atom stereocenters. The number of carbonyl (C=O) groups is 1. The molecular weight excluding hydrogens is 330 g/mol. The molecule has 6 heteroatoms. The smallest absolute Gasteiger partial charge is 0.258 e. The average Bonchev–Trinajstić information content (AvgIpc) is 2.68. The van der Waals surface area contributed by atoms with Crippen LogP contribution in [0.15, 0.2) is 42.6 Å². The highest BCUT2D eigenvalue weighted by Gasteiger charge is 2.28. The quantitative estimate of drug-likeness (QED) is 0.886. The molecular formula is C20H23N3O3. The van der Waals surface area contributed by atoms with E-state index in [-0.39, 0.29) is 12.0 Å². The summed E-state index contributed by atoms with van der Waals surface area (Å²) < 4.78 is 5.76. The molecule has 0 aliphatic carbocycles. The van der Waals surface area contributed by atoms with E-state index >= 15 is 0 Å². The number of hydrogen-bond donors (Lipinski definition) is 2. The minimum Gasteiger partial charge on any atom is -0.393 e. The first-order chi connectivity index (χ1) is 12.7. The first kappa shape index (κ1) is 17.0. The summed E-state index contributed by atoms with van der Waals surface area (Å²) in [6, 6.07) is 11.6. The molecule has 0 bridgehead atoms. The molecule has 4 rings (SSSR count). The standard InChI is InChI=1S/C20H23N3O3/c24-15-7-11-23(12-8-15)19-17(6-3-10-21-19)22-20(25)18-16-5-2-1-4-14(16)9-13-26-18/h1-6,10,15,18,24H,7-9,11-13H2,(H,22,25). The molecule has 26 heavy (non-hydrogen) atoms. The zero-order valence-corrected chi connectivity index (χ0v) is 14.6. The molecule has 1 aromatic heterocycles. The average molecular weight is 353 g/mol. The van der Waals surface area contributed by atoms with Gasteiger partial charge in [0.05, 0.1) is 18.4 Å². The number of nitrogens with one attached hydrogen (secondary N) is 1. The second kappa shape index (κ2) is 7.43. The first-order valence-electron chi connectivity index (χ1n) is 9.10. The number of nitrogens with zero attached hydrogens (tertiary/aromatic N) is 2. The molecule has 1 amide bonds. The van der Waals surface area contributed by atoms with E-state index in [2.05, 4.69) is 15.2 Å². The maximum atomic E-state index is 12.9. The van der Waals surface area contributed by atoms with Gasteiger partial charge in [0.15, 0.2) is 11.9 Å². The largest absolute Gasteiger partial charge is 0.393 e. The lowest BCUT2D eigenvalue weighted by atomic mass is 9.97. The summed E-state index contributed by atoms with van der Waals surface area (Å²) in [5.74, 6) is 0.570. The van der Waals surface area contributed by atoms with Crippen molar-refractivity contribution in [3.63, 3.8) is 0 Å². The number of fused-ring (bicyclic) bond motifs is 1. The molecule has 6 nitrogen and oxygen atoms in total. The van der Waals surface area contributed by atoms with E-state index < -0.39 is 6.10 Å². The van der Waals surface area contributed by atoms with Crippen molar-refractivity contribution in [3.05, 3.63) is 53.7 Å². The summed E-state index contributed by atoms with van der Waals surface area (Å²) in [4.78, 5) is 19.5. The van der Waals surface area contributed by atoms with E-state index in [1.54, 1.807) is 6.20 Å². The first-order valence-corrected chi connectivity index (χ1v) is 9.10. The topological polar surface area (TPSA) is 74.7 Å². The predicted molar refractivity (Wildman–Crippen MR) is 99.2 cm³/mol. The van der Waals surface area contributed by atoms with Gasteiger partial charge in [0, 0.05) is 19.3 Å². The van der Waals surface area contributed by atoms with Crippen molar-refractivity contribution >= 4 is 17.4 Å². The van der Waals surface area contributed by atoms with Gasteiger partial charge >= 0.3 is 0 Å². The number of ether oxygens (including phenoxy) is 1. The molecule has 1 aromatic carbocycles.